The van der Waals surface area contributed by atoms with Crippen LogP contribution >= 0.6 is 23.2 Å². The normalized spacial score (nSPS) is 14.0. The standard InChI is InChI=1S/C16H28Cl2O2/c1-3-13(14(4-2)16(18)20)11-9-7-5-6-8-10-12-15(17)19/h13-14H,3-12H2,1-2H3. The summed E-state index contributed by atoms with van der Waals surface area (Å²) in [5.41, 5.74) is 0. The van der Waals surface area contributed by atoms with E-state index in [1.54, 1.807) is 0 Å². The summed E-state index contributed by atoms with van der Waals surface area (Å²) in [7, 11) is 0. The number of carbonyl (C=O) groups excluding carboxylic acids is 2. The molecule has 0 spiro atoms. The van der Waals surface area contributed by atoms with Crippen molar-refractivity contribution in [3.63, 3.8) is 0 Å². The third kappa shape index (κ3) is 9.77. The molecule has 0 rings (SSSR count). The number of unbranched alkanes of at least 4 members (excludes halogenated alkanes) is 5. The Kier molecular flexibility index (Phi) is 12.6. The second kappa shape index (κ2) is 12.6. The Bertz CT molecular complexity index is 280. The van der Waals surface area contributed by atoms with Gasteiger partial charge in [0.15, 0.2) is 0 Å². The van der Waals surface area contributed by atoms with Crippen LogP contribution in [0.15, 0.2) is 0 Å². The van der Waals surface area contributed by atoms with Gasteiger partial charge in [-0.3, -0.25) is 9.59 Å². The van der Waals surface area contributed by atoms with Crippen LogP contribution in [-0.4, -0.2) is 10.5 Å². The highest BCUT2D eigenvalue weighted by Crippen LogP contribution is 2.27. The van der Waals surface area contributed by atoms with E-state index in [1.807, 2.05) is 6.92 Å². The van der Waals surface area contributed by atoms with Crippen molar-refractivity contribution in [2.75, 3.05) is 0 Å². The summed E-state index contributed by atoms with van der Waals surface area (Å²) >= 11 is 10.9. The van der Waals surface area contributed by atoms with Gasteiger partial charge in [0.25, 0.3) is 0 Å². The van der Waals surface area contributed by atoms with Crippen molar-refractivity contribution in [1.82, 2.24) is 0 Å². The molecule has 0 fully saturated rings. The second-order valence-corrected chi connectivity index (χ2v) is 6.30. The van der Waals surface area contributed by atoms with Crippen LogP contribution in [0.3, 0.4) is 0 Å². The first-order valence-corrected chi connectivity index (χ1v) is 8.66. The van der Waals surface area contributed by atoms with Crippen LogP contribution in [0.2, 0.25) is 0 Å². The van der Waals surface area contributed by atoms with Crippen molar-refractivity contribution in [3.8, 4) is 0 Å². The van der Waals surface area contributed by atoms with Crippen LogP contribution in [0.4, 0.5) is 0 Å². The van der Waals surface area contributed by atoms with Gasteiger partial charge in [0, 0.05) is 12.3 Å². The van der Waals surface area contributed by atoms with E-state index in [1.165, 1.54) is 12.8 Å². The van der Waals surface area contributed by atoms with Crippen LogP contribution in [0.25, 0.3) is 0 Å². The monoisotopic (exact) mass is 322 g/mol. The number of carbonyl (C=O) groups is 2. The Hall–Kier alpha value is -0.0800. The molecule has 2 nitrogen and oxygen atoms in total. The van der Waals surface area contributed by atoms with Crippen LogP contribution in [0.5, 0.6) is 0 Å². The quantitative estimate of drug-likeness (QED) is 0.322. The van der Waals surface area contributed by atoms with Crippen molar-refractivity contribution >= 4 is 33.7 Å². The van der Waals surface area contributed by atoms with E-state index in [0.717, 1.165) is 44.9 Å². The maximum absolute atomic E-state index is 11.4. The molecule has 0 N–H and O–H groups in total. The molecule has 0 aliphatic heterocycles. The molecule has 0 saturated carbocycles. The van der Waals surface area contributed by atoms with Crippen molar-refractivity contribution in [3.05, 3.63) is 0 Å². The minimum Gasteiger partial charge on any atom is -0.281 e. The summed E-state index contributed by atoms with van der Waals surface area (Å²) in [5.74, 6) is 0.454. The lowest BCUT2D eigenvalue weighted by atomic mass is 9.84. The summed E-state index contributed by atoms with van der Waals surface area (Å²) in [6.45, 7) is 4.17. The van der Waals surface area contributed by atoms with Gasteiger partial charge in [0.1, 0.15) is 0 Å². The smallest absolute Gasteiger partial charge is 0.224 e. The number of hydrogen-bond donors (Lipinski definition) is 0. The van der Waals surface area contributed by atoms with Gasteiger partial charge >= 0.3 is 0 Å². The Balaban J connectivity index is 3.65. The zero-order valence-electron chi connectivity index (χ0n) is 12.8. The molecule has 20 heavy (non-hydrogen) atoms. The van der Waals surface area contributed by atoms with Crippen LogP contribution in [0.1, 0.15) is 78.1 Å². The average molecular weight is 323 g/mol. The lowest BCUT2D eigenvalue weighted by molar-refractivity contribution is -0.117. The van der Waals surface area contributed by atoms with Gasteiger partial charge in [0.2, 0.25) is 10.5 Å². The number of hydrogen-bond acceptors (Lipinski definition) is 2. The third-order valence-electron chi connectivity index (χ3n) is 4.02. The van der Waals surface area contributed by atoms with Gasteiger partial charge in [-0.25, -0.2) is 0 Å². The first-order chi connectivity index (χ1) is 9.52. The molecule has 0 radical (unpaired) electrons. The summed E-state index contributed by atoms with van der Waals surface area (Å²) in [5, 5.41) is -0.405. The highest BCUT2D eigenvalue weighted by Gasteiger charge is 2.23. The van der Waals surface area contributed by atoms with Crippen molar-refractivity contribution in [2.24, 2.45) is 11.8 Å². The van der Waals surface area contributed by atoms with Crippen molar-refractivity contribution in [1.29, 1.82) is 0 Å². The summed E-state index contributed by atoms with van der Waals surface area (Å²) in [6, 6.07) is 0. The van der Waals surface area contributed by atoms with Gasteiger partial charge in [0.05, 0.1) is 0 Å². The maximum atomic E-state index is 11.4. The lowest BCUT2D eigenvalue weighted by Gasteiger charge is -2.21. The summed E-state index contributed by atoms with van der Waals surface area (Å²) in [6.07, 6.45) is 10.1. The molecule has 0 aliphatic rings. The highest BCUT2D eigenvalue weighted by atomic mass is 35.5. The van der Waals surface area contributed by atoms with E-state index in [4.69, 9.17) is 23.2 Å². The van der Waals surface area contributed by atoms with Crippen LogP contribution < -0.4 is 0 Å². The zero-order valence-corrected chi connectivity index (χ0v) is 14.3. The fourth-order valence-electron chi connectivity index (χ4n) is 2.75. The fraction of sp³-hybridized carbons (Fsp3) is 0.875. The molecule has 4 heteroatoms. The van der Waals surface area contributed by atoms with E-state index in [-0.39, 0.29) is 16.4 Å². The summed E-state index contributed by atoms with van der Waals surface area (Å²) in [4.78, 5) is 21.9. The topological polar surface area (TPSA) is 34.1 Å². The first-order valence-electron chi connectivity index (χ1n) is 7.90. The molecule has 0 aromatic heterocycles. The van der Waals surface area contributed by atoms with Crippen LogP contribution in [-0.2, 0) is 9.59 Å². The highest BCUT2D eigenvalue weighted by molar-refractivity contribution is 6.64. The molecule has 0 aromatic rings. The largest absolute Gasteiger partial charge is 0.281 e. The molecule has 0 heterocycles. The predicted octanol–water partition coefficient (Wildman–Crippen LogP) is 5.69. The number of rotatable bonds is 13. The van der Waals surface area contributed by atoms with Gasteiger partial charge in [-0.1, -0.05) is 52.4 Å². The Morgan fingerprint density at radius 2 is 1.40 bits per heavy atom. The van der Waals surface area contributed by atoms with E-state index < -0.39 is 0 Å². The van der Waals surface area contributed by atoms with Crippen molar-refractivity contribution < 1.29 is 9.59 Å². The SMILES string of the molecule is CCC(CCCCCCCCC(=O)Cl)C(CC)C(=O)Cl. The Labute approximate surface area is 133 Å². The Morgan fingerprint density at radius 1 is 0.850 bits per heavy atom. The number of halogens is 2. The first kappa shape index (κ1) is 19.9. The molecule has 0 amide bonds. The molecule has 118 valence electrons. The van der Waals surface area contributed by atoms with Gasteiger partial charge in [-0.15, -0.1) is 0 Å². The molecule has 2 atom stereocenters. The average Bonchev–Trinajstić information content (AvgIpc) is 2.39. The van der Waals surface area contributed by atoms with Gasteiger partial charge in [-0.05, 0) is 48.4 Å². The molecular formula is C16H28Cl2O2. The second-order valence-electron chi connectivity index (χ2n) is 5.50. The van der Waals surface area contributed by atoms with Gasteiger partial charge < -0.3 is 0 Å². The minimum absolute atomic E-state index is 0.0244. The van der Waals surface area contributed by atoms with Crippen molar-refractivity contribution in [2.45, 2.75) is 78.1 Å². The molecular weight excluding hydrogens is 295 g/mol. The third-order valence-corrected chi connectivity index (χ3v) is 4.49. The zero-order chi connectivity index (χ0) is 15.4. The maximum Gasteiger partial charge on any atom is 0.224 e. The fourth-order valence-corrected chi connectivity index (χ4v) is 3.21. The molecule has 0 aromatic carbocycles. The predicted molar refractivity (Wildman–Crippen MR) is 86.2 cm³/mol. The molecule has 2 unspecified atom stereocenters. The molecule has 0 aliphatic carbocycles. The van der Waals surface area contributed by atoms with Gasteiger partial charge in [-0.2, -0.15) is 0 Å². The Morgan fingerprint density at radius 3 is 1.85 bits per heavy atom. The summed E-state index contributed by atoms with van der Waals surface area (Å²) < 4.78 is 0. The van der Waals surface area contributed by atoms with E-state index in [2.05, 4.69) is 6.92 Å². The van der Waals surface area contributed by atoms with Crippen LogP contribution in [0, 0.1) is 11.8 Å². The van der Waals surface area contributed by atoms with E-state index in [9.17, 15) is 9.59 Å². The van der Waals surface area contributed by atoms with E-state index >= 15 is 0 Å². The minimum atomic E-state index is -0.230. The molecule has 0 saturated heterocycles. The van der Waals surface area contributed by atoms with E-state index in [0.29, 0.717) is 12.3 Å². The lowest BCUT2D eigenvalue weighted by Crippen LogP contribution is -2.19. The molecule has 0 bridgehead atoms.